The molecule has 0 saturated heterocycles. The first-order valence-electron chi connectivity index (χ1n) is 10.8. The van der Waals surface area contributed by atoms with Crippen molar-refractivity contribution in [3.63, 3.8) is 0 Å². The molecular formula is C24H26Cl4N2O2. The fraction of sp³-hybridized carbons (Fsp3) is 0.417. The van der Waals surface area contributed by atoms with Crippen molar-refractivity contribution in [2.24, 2.45) is 0 Å². The number of carbonyl (C=O) groups excluding carboxylic acids is 2. The molecule has 1 saturated carbocycles. The summed E-state index contributed by atoms with van der Waals surface area (Å²) < 4.78 is 0. The van der Waals surface area contributed by atoms with Gasteiger partial charge < -0.3 is 10.2 Å². The number of nitrogens with zero attached hydrogens (tertiary/aromatic N) is 1. The van der Waals surface area contributed by atoms with Gasteiger partial charge in [0.2, 0.25) is 11.8 Å². The van der Waals surface area contributed by atoms with Gasteiger partial charge >= 0.3 is 0 Å². The Morgan fingerprint density at radius 3 is 2.34 bits per heavy atom. The van der Waals surface area contributed by atoms with Gasteiger partial charge in [0.1, 0.15) is 6.04 Å². The van der Waals surface area contributed by atoms with Gasteiger partial charge in [0, 0.05) is 22.6 Å². The molecule has 3 rings (SSSR count). The molecule has 0 aromatic heterocycles. The first-order chi connectivity index (χ1) is 15.3. The normalized spacial score (nSPS) is 14.9. The van der Waals surface area contributed by atoms with Crippen LogP contribution in [-0.4, -0.2) is 28.8 Å². The van der Waals surface area contributed by atoms with Crippen LogP contribution in [0.2, 0.25) is 20.1 Å². The lowest BCUT2D eigenvalue weighted by atomic mass is 10.1. The van der Waals surface area contributed by atoms with E-state index >= 15 is 0 Å². The van der Waals surface area contributed by atoms with Crippen molar-refractivity contribution in [2.75, 3.05) is 0 Å². The van der Waals surface area contributed by atoms with Crippen LogP contribution in [0.5, 0.6) is 0 Å². The largest absolute Gasteiger partial charge is 0.352 e. The predicted molar refractivity (Wildman–Crippen MR) is 132 cm³/mol. The van der Waals surface area contributed by atoms with E-state index in [1.165, 1.54) is 0 Å². The van der Waals surface area contributed by atoms with Crippen LogP contribution in [0, 0.1) is 0 Å². The maximum absolute atomic E-state index is 13.4. The highest BCUT2D eigenvalue weighted by atomic mass is 35.5. The molecule has 8 heteroatoms. The molecule has 2 amide bonds. The minimum absolute atomic E-state index is 0.0601. The highest BCUT2D eigenvalue weighted by molar-refractivity contribution is 6.42. The van der Waals surface area contributed by atoms with Gasteiger partial charge in [-0.05, 0) is 54.7 Å². The molecule has 32 heavy (non-hydrogen) atoms. The van der Waals surface area contributed by atoms with E-state index in [1.807, 2.05) is 13.0 Å². The summed E-state index contributed by atoms with van der Waals surface area (Å²) in [4.78, 5) is 28.2. The predicted octanol–water partition coefficient (Wildman–Crippen LogP) is 6.71. The van der Waals surface area contributed by atoms with Crippen LogP contribution in [0.4, 0.5) is 0 Å². The van der Waals surface area contributed by atoms with Crippen molar-refractivity contribution < 1.29 is 9.59 Å². The number of hydrogen-bond acceptors (Lipinski definition) is 2. The lowest BCUT2D eigenvalue weighted by molar-refractivity contribution is -0.141. The minimum atomic E-state index is -0.608. The van der Waals surface area contributed by atoms with Crippen LogP contribution in [0.25, 0.3) is 0 Å². The number of carbonyl (C=O) groups is 2. The van der Waals surface area contributed by atoms with E-state index in [0.717, 1.165) is 31.2 Å². The minimum Gasteiger partial charge on any atom is -0.352 e. The molecule has 0 aliphatic heterocycles. The summed E-state index contributed by atoms with van der Waals surface area (Å²) >= 11 is 24.5. The number of benzene rings is 2. The summed E-state index contributed by atoms with van der Waals surface area (Å²) in [6.45, 7) is 2.14. The van der Waals surface area contributed by atoms with Gasteiger partial charge in [0.15, 0.2) is 0 Å². The highest BCUT2D eigenvalue weighted by Gasteiger charge is 2.31. The van der Waals surface area contributed by atoms with Crippen molar-refractivity contribution in [1.82, 2.24) is 10.2 Å². The van der Waals surface area contributed by atoms with Crippen molar-refractivity contribution >= 4 is 58.2 Å². The third-order valence-electron chi connectivity index (χ3n) is 5.78. The Labute approximate surface area is 209 Å². The third kappa shape index (κ3) is 6.54. The molecule has 1 atom stereocenters. The number of hydrogen-bond donors (Lipinski definition) is 1. The number of amides is 2. The van der Waals surface area contributed by atoms with Crippen LogP contribution in [0.3, 0.4) is 0 Å². The van der Waals surface area contributed by atoms with Crippen LogP contribution < -0.4 is 5.32 Å². The van der Waals surface area contributed by atoms with E-state index in [2.05, 4.69) is 5.32 Å². The molecule has 2 aromatic carbocycles. The van der Waals surface area contributed by atoms with Gasteiger partial charge in [-0.25, -0.2) is 0 Å². The molecule has 2 aromatic rings. The van der Waals surface area contributed by atoms with Gasteiger partial charge in [-0.15, -0.1) is 0 Å². The summed E-state index contributed by atoms with van der Waals surface area (Å²) in [5.41, 5.74) is 1.45. The Morgan fingerprint density at radius 1 is 1.00 bits per heavy atom. The highest BCUT2D eigenvalue weighted by Crippen LogP contribution is 2.26. The molecule has 0 spiro atoms. The smallest absolute Gasteiger partial charge is 0.243 e. The molecule has 0 unspecified atom stereocenters. The fourth-order valence-corrected chi connectivity index (χ4v) is 4.85. The summed E-state index contributed by atoms with van der Waals surface area (Å²) in [5, 5.41) is 4.89. The zero-order valence-electron chi connectivity index (χ0n) is 17.8. The molecule has 0 bridgehead atoms. The maximum atomic E-state index is 13.4. The average molecular weight is 516 g/mol. The maximum Gasteiger partial charge on any atom is 0.243 e. The lowest BCUT2D eigenvalue weighted by Gasteiger charge is -2.32. The molecule has 4 nitrogen and oxygen atoms in total. The van der Waals surface area contributed by atoms with E-state index in [9.17, 15) is 9.59 Å². The van der Waals surface area contributed by atoms with E-state index < -0.39 is 6.04 Å². The average Bonchev–Trinajstić information content (AvgIpc) is 3.25. The Morgan fingerprint density at radius 2 is 1.72 bits per heavy atom. The SMILES string of the molecule is CC[C@@H](C(=O)NC1CCCC1)N(Cc1ccc(Cl)c(Cl)c1)C(=O)Cc1ccc(Cl)cc1Cl. The van der Waals surface area contributed by atoms with Crippen molar-refractivity contribution in [1.29, 1.82) is 0 Å². The van der Waals surface area contributed by atoms with E-state index in [4.69, 9.17) is 46.4 Å². The fourth-order valence-electron chi connectivity index (χ4n) is 4.05. The second kappa shape index (κ2) is 11.6. The van der Waals surface area contributed by atoms with Crippen LogP contribution in [0.15, 0.2) is 36.4 Å². The molecule has 0 radical (unpaired) electrons. The summed E-state index contributed by atoms with van der Waals surface area (Å²) in [7, 11) is 0. The summed E-state index contributed by atoms with van der Waals surface area (Å²) in [6, 6.07) is 9.83. The van der Waals surface area contributed by atoms with Crippen molar-refractivity contribution in [3.05, 3.63) is 67.6 Å². The Kier molecular flexibility index (Phi) is 9.13. The molecule has 1 aliphatic rings. The zero-order valence-corrected chi connectivity index (χ0v) is 20.9. The van der Waals surface area contributed by atoms with Crippen molar-refractivity contribution in [2.45, 2.75) is 64.1 Å². The van der Waals surface area contributed by atoms with Crippen LogP contribution in [-0.2, 0) is 22.6 Å². The zero-order chi connectivity index (χ0) is 23.3. The Bertz CT molecular complexity index is 976. The number of nitrogens with one attached hydrogen (secondary N) is 1. The lowest BCUT2D eigenvalue weighted by Crippen LogP contribution is -2.51. The number of halogens is 4. The Balaban J connectivity index is 1.86. The van der Waals surface area contributed by atoms with Gasteiger partial charge in [0.25, 0.3) is 0 Å². The molecule has 172 valence electrons. The third-order valence-corrected chi connectivity index (χ3v) is 7.11. The quantitative estimate of drug-likeness (QED) is 0.424. The van der Waals surface area contributed by atoms with Crippen LogP contribution >= 0.6 is 46.4 Å². The first-order valence-corrected chi connectivity index (χ1v) is 12.3. The Hall–Kier alpha value is -1.46. The summed E-state index contributed by atoms with van der Waals surface area (Å²) in [5.74, 6) is -0.330. The standard InChI is InChI=1S/C24H26Cl4N2O2/c1-2-22(24(32)29-18-5-3-4-6-18)30(14-15-7-10-19(26)21(28)11-15)23(31)12-16-8-9-17(25)13-20(16)27/h7-11,13,18,22H,2-6,12,14H2,1H3,(H,29,32)/t22-/m0/s1. The first kappa shape index (κ1) is 25.2. The van der Waals surface area contributed by atoms with E-state index in [0.29, 0.717) is 32.1 Å². The molecule has 1 N–H and O–H groups in total. The van der Waals surface area contributed by atoms with Crippen LogP contribution in [0.1, 0.15) is 50.2 Å². The van der Waals surface area contributed by atoms with Gasteiger partial charge in [-0.1, -0.05) is 78.3 Å². The molecule has 1 fully saturated rings. The number of rotatable bonds is 8. The second-order valence-corrected chi connectivity index (χ2v) is 9.75. The molecule has 0 heterocycles. The summed E-state index contributed by atoms with van der Waals surface area (Å²) in [6.07, 6.45) is 4.72. The second-order valence-electron chi connectivity index (χ2n) is 8.10. The molecule has 1 aliphatic carbocycles. The van der Waals surface area contributed by atoms with Gasteiger partial charge in [0.05, 0.1) is 16.5 Å². The topological polar surface area (TPSA) is 49.4 Å². The van der Waals surface area contributed by atoms with Gasteiger partial charge in [-0.3, -0.25) is 9.59 Å². The van der Waals surface area contributed by atoms with E-state index in [1.54, 1.807) is 35.2 Å². The molecular weight excluding hydrogens is 490 g/mol. The van der Waals surface area contributed by atoms with E-state index in [-0.39, 0.29) is 30.8 Å². The monoisotopic (exact) mass is 514 g/mol. The van der Waals surface area contributed by atoms with Crippen molar-refractivity contribution in [3.8, 4) is 0 Å². The van der Waals surface area contributed by atoms with Gasteiger partial charge in [-0.2, -0.15) is 0 Å².